The number of carbonyl (C=O) groups is 3. The Morgan fingerprint density at radius 3 is 2.28 bits per heavy atom. The molecule has 0 radical (unpaired) electrons. The van der Waals surface area contributed by atoms with Crippen molar-refractivity contribution in [2.45, 2.75) is 6.42 Å². The molecule has 6 atom stereocenters. The zero-order valence-electron chi connectivity index (χ0n) is 16.8. The fourth-order valence-electron chi connectivity index (χ4n) is 5.81. The number of carbonyl (C=O) groups excluding carboxylic acids is 3. The highest BCUT2D eigenvalue weighted by Gasteiger charge is 2.67. The SMILES string of the molecule is O=C(Oc1cccc(N2C(=O)[C@@H]3[C@H]4C=C[C@@H]([C@@H]5C[C@@H]45)[C@H]3C2=O)c1)c1cccc([N+](=O)[O-])c1. The van der Waals surface area contributed by atoms with E-state index in [0.717, 1.165) is 12.5 Å². The maximum Gasteiger partial charge on any atom is 0.343 e. The number of benzene rings is 2. The molecule has 3 fully saturated rings. The highest BCUT2D eigenvalue weighted by Crippen LogP contribution is 2.65. The fourth-order valence-corrected chi connectivity index (χ4v) is 5.81. The van der Waals surface area contributed by atoms with E-state index in [9.17, 15) is 24.5 Å². The Kier molecular flexibility index (Phi) is 3.90. The third-order valence-corrected chi connectivity index (χ3v) is 7.24. The molecule has 2 aromatic rings. The van der Waals surface area contributed by atoms with Gasteiger partial charge in [0.25, 0.3) is 5.69 Å². The first-order chi connectivity index (χ1) is 15.4. The van der Waals surface area contributed by atoms with E-state index in [4.69, 9.17) is 4.74 Å². The van der Waals surface area contributed by atoms with E-state index in [-0.39, 0.29) is 52.5 Å². The summed E-state index contributed by atoms with van der Waals surface area (Å²) in [6.45, 7) is 0. The number of rotatable bonds is 4. The number of hydrogen-bond donors (Lipinski definition) is 0. The average molecular weight is 430 g/mol. The lowest BCUT2D eigenvalue weighted by Gasteiger charge is -2.37. The number of esters is 1. The predicted molar refractivity (Wildman–Crippen MR) is 112 cm³/mol. The molecule has 32 heavy (non-hydrogen) atoms. The number of anilines is 1. The van der Waals surface area contributed by atoms with Gasteiger partial charge in [-0.3, -0.25) is 19.7 Å². The number of nitro groups is 1. The quantitative estimate of drug-likeness (QED) is 0.184. The molecule has 2 amide bonds. The topological polar surface area (TPSA) is 107 Å². The largest absolute Gasteiger partial charge is 0.423 e. The lowest BCUT2D eigenvalue weighted by atomic mass is 9.63. The second-order valence-electron chi connectivity index (χ2n) is 8.86. The maximum atomic E-state index is 13.3. The van der Waals surface area contributed by atoms with Gasteiger partial charge in [-0.15, -0.1) is 0 Å². The molecule has 2 bridgehead atoms. The van der Waals surface area contributed by atoms with E-state index in [0.29, 0.717) is 17.5 Å². The van der Waals surface area contributed by atoms with E-state index in [1.165, 1.54) is 35.2 Å². The lowest BCUT2D eigenvalue weighted by molar-refractivity contribution is -0.384. The number of imide groups is 1. The normalized spacial score (nSPS) is 31.3. The first kappa shape index (κ1) is 18.9. The lowest BCUT2D eigenvalue weighted by Crippen LogP contribution is -2.40. The van der Waals surface area contributed by atoms with Gasteiger partial charge in [-0.2, -0.15) is 0 Å². The van der Waals surface area contributed by atoms with Crippen LogP contribution in [-0.2, 0) is 9.59 Å². The van der Waals surface area contributed by atoms with E-state index >= 15 is 0 Å². The smallest absolute Gasteiger partial charge is 0.343 e. The summed E-state index contributed by atoms with van der Waals surface area (Å²) >= 11 is 0. The Morgan fingerprint density at radius 2 is 1.62 bits per heavy atom. The zero-order chi connectivity index (χ0) is 22.1. The van der Waals surface area contributed by atoms with Crippen molar-refractivity contribution in [2.75, 3.05) is 4.90 Å². The standard InChI is InChI=1S/C24H18N2O6/c27-22-20-16-7-8-17(19-11-18(16)19)21(20)23(28)25(22)13-4-2-6-15(10-13)32-24(29)12-3-1-5-14(9-12)26(30)31/h1-10,16-21H,11H2/t16-,17-,18-,19-,20+,21+/m0/s1. The number of amides is 2. The van der Waals surface area contributed by atoms with Gasteiger partial charge in [-0.25, -0.2) is 9.69 Å². The number of allylic oxidation sites excluding steroid dienone is 2. The summed E-state index contributed by atoms with van der Waals surface area (Å²) in [6, 6.07) is 11.5. The van der Waals surface area contributed by atoms with Gasteiger partial charge in [0.15, 0.2) is 0 Å². The second-order valence-corrected chi connectivity index (χ2v) is 8.86. The summed E-state index contributed by atoms with van der Waals surface area (Å²) in [5, 5.41) is 10.9. The molecule has 8 nitrogen and oxygen atoms in total. The van der Waals surface area contributed by atoms with Crippen LogP contribution in [0.25, 0.3) is 0 Å². The highest BCUT2D eigenvalue weighted by molar-refractivity contribution is 6.22. The Morgan fingerprint density at radius 1 is 0.969 bits per heavy atom. The van der Waals surface area contributed by atoms with Gasteiger partial charge in [0.2, 0.25) is 11.8 Å². The Bertz CT molecular complexity index is 1200. The van der Waals surface area contributed by atoms with Gasteiger partial charge in [0.05, 0.1) is 28.0 Å². The van der Waals surface area contributed by atoms with Crippen LogP contribution in [0.4, 0.5) is 11.4 Å². The molecule has 8 heteroatoms. The third kappa shape index (κ3) is 2.65. The van der Waals surface area contributed by atoms with Crippen LogP contribution >= 0.6 is 0 Å². The van der Waals surface area contributed by atoms with Crippen molar-refractivity contribution in [3.05, 3.63) is 76.4 Å². The summed E-state index contributed by atoms with van der Waals surface area (Å²) in [4.78, 5) is 50.6. The molecule has 0 aromatic heterocycles. The molecule has 5 aliphatic rings. The minimum absolute atomic E-state index is 0.0332. The van der Waals surface area contributed by atoms with Crippen LogP contribution in [0.15, 0.2) is 60.7 Å². The van der Waals surface area contributed by atoms with Crippen molar-refractivity contribution in [1.29, 1.82) is 0 Å². The summed E-state index contributed by atoms with van der Waals surface area (Å²) < 4.78 is 5.38. The second kappa shape index (κ2) is 6.59. The molecule has 1 saturated heterocycles. The van der Waals surface area contributed by atoms with Gasteiger partial charge in [-0.05, 0) is 48.3 Å². The molecular formula is C24H18N2O6. The number of hydrogen-bond acceptors (Lipinski definition) is 6. The number of nitrogens with zero attached hydrogens (tertiary/aromatic N) is 2. The first-order valence-electron chi connectivity index (χ1n) is 10.6. The van der Waals surface area contributed by atoms with Crippen LogP contribution in [0, 0.1) is 45.6 Å². The van der Waals surface area contributed by atoms with E-state index in [2.05, 4.69) is 12.2 Å². The van der Waals surface area contributed by atoms with Gasteiger partial charge in [0, 0.05) is 18.2 Å². The van der Waals surface area contributed by atoms with Crippen molar-refractivity contribution < 1.29 is 24.0 Å². The van der Waals surface area contributed by atoms with Gasteiger partial charge >= 0.3 is 5.97 Å². The van der Waals surface area contributed by atoms with Gasteiger partial charge in [-0.1, -0.05) is 24.3 Å². The zero-order valence-corrected chi connectivity index (χ0v) is 16.8. The Hall–Kier alpha value is -3.81. The van der Waals surface area contributed by atoms with Crippen LogP contribution in [0.2, 0.25) is 0 Å². The summed E-state index contributed by atoms with van der Waals surface area (Å²) in [5.41, 5.74) is 0.183. The minimum atomic E-state index is -0.763. The van der Waals surface area contributed by atoms with Crippen LogP contribution in [0.3, 0.4) is 0 Å². The predicted octanol–water partition coefficient (Wildman–Crippen LogP) is 3.37. The molecule has 0 unspecified atom stereocenters. The maximum absolute atomic E-state index is 13.3. The minimum Gasteiger partial charge on any atom is -0.423 e. The van der Waals surface area contributed by atoms with Crippen LogP contribution < -0.4 is 9.64 Å². The molecule has 2 saturated carbocycles. The molecule has 160 valence electrons. The third-order valence-electron chi connectivity index (χ3n) is 7.24. The first-order valence-corrected chi connectivity index (χ1v) is 10.6. The van der Waals surface area contributed by atoms with Crippen LogP contribution in [-0.4, -0.2) is 22.7 Å². The Balaban J connectivity index is 1.26. The van der Waals surface area contributed by atoms with Crippen molar-refractivity contribution >= 4 is 29.2 Å². The van der Waals surface area contributed by atoms with E-state index in [1.54, 1.807) is 12.1 Å². The summed E-state index contributed by atoms with van der Waals surface area (Å²) in [7, 11) is 0. The number of ether oxygens (including phenoxy) is 1. The summed E-state index contributed by atoms with van der Waals surface area (Å²) in [5.74, 6) is -0.305. The molecule has 0 spiro atoms. The van der Waals surface area contributed by atoms with Gasteiger partial charge in [0.1, 0.15) is 5.75 Å². The van der Waals surface area contributed by atoms with Crippen molar-refractivity contribution in [2.24, 2.45) is 35.5 Å². The van der Waals surface area contributed by atoms with E-state index < -0.39 is 10.9 Å². The van der Waals surface area contributed by atoms with Gasteiger partial charge < -0.3 is 4.74 Å². The van der Waals surface area contributed by atoms with Crippen LogP contribution in [0.1, 0.15) is 16.8 Å². The molecule has 4 aliphatic carbocycles. The highest BCUT2D eigenvalue weighted by atomic mass is 16.6. The van der Waals surface area contributed by atoms with Crippen molar-refractivity contribution in [3.63, 3.8) is 0 Å². The van der Waals surface area contributed by atoms with Crippen LogP contribution in [0.5, 0.6) is 5.75 Å². The molecule has 0 N–H and O–H groups in total. The number of non-ortho nitro benzene ring substituents is 1. The fraction of sp³-hybridized carbons (Fsp3) is 0.292. The molecule has 2 aromatic carbocycles. The Labute approximate surface area is 182 Å². The van der Waals surface area contributed by atoms with Crippen molar-refractivity contribution in [1.82, 2.24) is 0 Å². The monoisotopic (exact) mass is 430 g/mol. The molecular weight excluding hydrogens is 412 g/mol. The average Bonchev–Trinajstić information content (AvgIpc) is 3.57. The summed E-state index contributed by atoms with van der Waals surface area (Å²) in [6.07, 6.45) is 5.33. The van der Waals surface area contributed by atoms with Crippen molar-refractivity contribution in [3.8, 4) is 5.75 Å². The molecule has 7 rings (SSSR count). The molecule has 1 aliphatic heterocycles. The van der Waals surface area contributed by atoms with E-state index in [1.807, 2.05) is 0 Å². The molecule has 1 heterocycles. The number of nitro benzene ring substituents is 1.